The molecule has 0 saturated heterocycles. The smallest absolute Gasteiger partial charge is 0.254 e. The van der Waals surface area contributed by atoms with Crippen LogP contribution >= 0.6 is 11.8 Å². The van der Waals surface area contributed by atoms with Crippen molar-refractivity contribution >= 4 is 11.8 Å². The minimum Gasteiger partial charge on any atom is -0.287 e. The lowest BCUT2D eigenvalue weighted by Crippen LogP contribution is -2.19. The molecule has 2 heterocycles. The van der Waals surface area contributed by atoms with E-state index in [9.17, 15) is 4.79 Å². The summed E-state index contributed by atoms with van der Waals surface area (Å²) >= 11 is 1.64. The molecule has 1 aliphatic heterocycles. The molecule has 0 amide bonds. The van der Waals surface area contributed by atoms with Gasteiger partial charge in [0.2, 0.25) is 0 Å². The number of benzene rings is 1. The summed E-state index contributed by atoms with van der Waals surface area (Å²) in [5, 5.41) is 0.839. The Morgan fingerprint density at radius 2 is 2.06 bits per heavy atom. The second-order valence-electron chi connectivity index (χ2n) is 3.63. The molecule has 16 heavy (non-hydrogen) atoms. The van der Waals surface area contributed by atoms with Gasteiger partial charge in [0.25, 0.3) is 5.56 Å². The van der Waals surface area contributed by atoms with E-state index < -0.39 is 0 Å². The molecule has 4 heteroatoms. The third-order valence-corrected chi connectivity index (χ3v) is 3.55. The van der Waals surface area contributed by atoms with Crippen molar-refractivity contribution in [1.82, 2.24) is 9.55 Å². The Bertz CT molecular complexity index is 577. The molecule has 0 atom stereocenters. The summed E-state index contributed by atoms with van der Waals surface area (Å²) in [5.74, 6) is 0.945. The maximum Gasteiger partial charge on any atom is 0.254 e. The zero-order valence-corrected chi connectivity index (χ0v) is 9.41. The highest BCUT2D eigenvalue weighted by atomic mass is 32.2. The van der Waals surface area contributed by atoms with Crippen LogP contribution in [0.2, 0.25) is 0 Å². The van der Waals surface area contributed by atoms with Gasteiger partial charge in [0, 0.05) is 23.9 Å². The molecule has 3 rings (SSSR count). The molecule has 0 bridgehead atoms. The molecule has 0 unspecified atom stereocenters. The zero-order chi connectivity index (χ0) is 11.0. The third-order valence-electron chi connectivity index (χ3n) is 2.59. The van der Waals surface area contributed by atoms with Gasteiger partial charge in [0.05, 0.1) is 5.69 Å². The molecule has 0 fully saturated rings. The number of nitrogens with zero attached hydrogens (tertiary/aromatic N) is 2. The van der Waals surface area contributed by atoms with Gasteiger partial charge >= 0.3 is 0 Å². The van der Waals surface area contributed by atoms with Crippen LogP contribution in [0.4, 0.5) is 0 Å². The van der Waals surface area contributed by atoms with Crippen LogP contribution in [0.3, 0.4) is 0 Å². The van der Waals surface area contributed by atoms with Crippen molar-refractivity contribution < 1.29 is 0 Å². The SMILES string of the molecule is O=c1cc(-c2ccccc2)nc2n1CCS2. The average molecular weight is 230 g/mol. The van der Waals surface area contributed by atoms with Crippen LogP contribution in [-0.2, 0) is 6.54 Å². The second kappa shape index (κ2) is 3.79. The summed E-state index contributed by atoms with van der Waals surface area (Å²) in [5.41, 5.74) is 1.82. The Kier molecular flexibility index (Phi) is 2.29. The van der Waals surface area contributed by atoms with Gasteiger partial charge in [-0.25, -0.2) is 4.98 Å². The van der Waals surface area contributed by atoms with Gasteiger partial charge in [-0.3, -0.25) is 9.36 Å². The summed E-state index contributed by atoms with van der Waals surface area (Å²) in [6, 6.07) is 11.4. The summed E-state index contributed by atoms with van der Waals surface area (Å²) in [6.07, 6.45) is 0. The normalized spacial score (nSPS) is 13.8. The van der Waals surface area contributed by atoms with Crippen LogP contribution in [0.1, 0.15) is 0 Å². The molecule has 0 N–H and O–H groups in total. The molecule has 1 aliphatic rings. The van der Waals surface area contributed by atoms with Crippen LogP contribution in [-0.4, -0.2) is 15.3 Å². The van der Waals surface area contributed by atoms with E-state index in [-0.39, 0.29) is 5.56 Å². The van der Waals surface area contributed by atoms with Crippen molar-refractivity contribution in [2.75, 3.05) is 5.75 Å². The molecule has 0 radical (unpaired) electrons. The van der Waals surface area contributed by atoms with E-state index in [0.717, 1.165) is 28.7 Å². The molecule has 0 aliphatic carbocycles. The highest BCUT2D eigenvalue weighted by molar-refractivity contribution is 7.99. The number of hydrogen-bond acceptors (Lipinski definition) is 3. The molecule has 0 saturated carbocycles. The van der Waals surface area contributed by atoms with Crippen molar-refractivity contribution in [3.63, 3.8) is 0 Å². The van der Waals surface area contributed by atoms with Crippen LogP contribution < -0.4 is 5.56 Å². The Morgan fingerprint density at radius 3 is 2.88 bits per heavy atom. The van der Waals surface area contributed by atoms with Gasteiger partial charge in [-0.05, 0) is 0 Å². The van der Waals surface area contributed by atoms with E-state index in [1.807, 2.05) is 30.3 Å². The van der Waals surface area contributed by atoms with Crippen molar-refractivity contribution in [3.05, 3.63) is 46.8 Å². The Balaban J connectivity index is 2.17. The van der Waals surface area contributed by atoms with E-state index in [2.05, 4.69) is 4.98 Å². The van der Waals surface area contributed by atoms with Crippen LogP contribution in [0.15, 0.2) is 46.3 Å². The van der Waals surface area contributed by atoms with Gasteiger partial charge < -0.3 is 0 Å². The molecule has 2 aromatic rings. The van der Waals surface area contributed by atoms with Crippen molar-refractivity contribution in [2.45, 2.75) is 11.7 Å². The minimum absolute atomic E-state index is 0.0499. The van der Waals surface area contributed by atoms with Crippen LogP contribution in [0.25, 0.3) is 11.3 Å². The van der Waals surface area contributed by atoms with Crippen LogP contribution in [0.5, 0.6) is 0 Å². The largest absolute Gasteiger partial charge is 0.287 e. The predicted octanol–water partition coefficient (Wildman–Crippen LogP) is 2.02. The van der Waals surface area contributed by atoms with Gasteiger partial charge in [-0.2, -0.15) is 0 Å². The fourth-order valence-electron chi connectivity index (χ4n) is 1.79. The number of aromatic nitrogens is 2. The fourth-order valence-corrected chi connectivity index (χ4v) is 2.74. The average Bonchev–Trinajstić information content (AvgIpc) is 2.79. The Labute approximate surface area is 97.1 Å². The first kappa shape index (κ1) is 9.66. The predicted molar refractivity (Wildman–Crippen MR) is 64.7 cm³/mol. The Morgan fingerprint density at radius 1 is 1.25 bits per heavy atom. The molecule has 1 aromatic heterocycles. The second-order valence-corrected chi connectivity index (χ2v) is 4.69. The summed E-state index contributed by atoms with van der Waals surface area (Å²) < 4.78 is 1.73. The summed E-state index contributed by atoms with van der Waals surface area (Å²) in [6.45, 7) is 0.779. The summed E-state index contributed by atoms with van der Waals surface area (Å²) in [7, 11) is 0. The highest BCUT2D eigenvalue weighted by Crippen LogP contribution is 2.24. The lowest BCUT2D eigenvalue weighted by atomic mass is 10.1. The van der Waals surface area contributed by atoms with Crippen LogP contribution in [0, 0.1) is 0 Å². The van der Waals surface area contributed by atoms with E-state index in [0.29, 0.717) is 0 Å². The van der Waals surface area contributed by atoms with E-state index >= 15 is 0 Å². The van der Waals surface area contributed by atoms with Gasteiger partial charge in [0.15, 0.2) is 5.16 Å². The molecule has 3 nitrogen and oxygen atoms in total. The number of fused-ring (bicyclic) bond motifs is 1. The van der Waals surface area contributed by atoms with Crippen molar-refractivity contribution in [3.8, 4) is 11.3 Å². The van der Waals surface area contributed by atoms with E-state index in [1.165, 1.54) is 0 Å². The molecular weight excluding hydrogens is 220 g/mol. The monoisotopic (exact) mass is 230 g/mol. The van der Waals surface area contributed by atoms with Crippen molar-refractivity contribution in [2.24, 2.45) is 0 Å². The molecule has 80 valence electrons. The zero-order valence-electron chi connectivity index (χ0n) is 8.59. The minimum atomic E-state index is 0.0499. The van der Waals surface area contributed by atoms with Gasteiger partial charge in [-0.15, -0.1) is 0 Å². The highest BCUT2D eigenvalue weighted by Gasteiger charge is 2.15. The fraction of sp³-hybridized carbons (Fsp3) is 0.167. The van der Waals surface area contributed by atoms with Gasteiger partial charge in [0.1, 0.15) is 0 Å². The molecule has 1 aromatic carbocycles. The van der Waals surface area contributed by atoms with Gasteiger partial charge in [-0.1, -0.05) is 42.1 Å². The first-order chi connectivity index (χ1) is 7.84. The topological polar surface area (TPSA) is 34.9 Å². The first-order valence-electron chi connectivity index (χ1n) is 5.15. The number of hydrogen-bond donors (Lipinski definition) is 0. The van der Waals surface area contributed by atoms with Crippen molar-refractivity contribution in [1.29, 1.82) is 0 Å². The maximum atomic E-state index is 11.8. The van der Waals surface area contributed by atoms with E-state index in [1.54, 1.807) is 22.4 Å². The quantitative estimate of drug-likeness (QED) is 0.703. The lowest BCUT2D eigenvalue weighted by Gasteiger charge is -2.04. The lowest BCUT2D eigenvalue weighted by molar-refractivity contribution is 0.658. The molecule has 0 spiro atoms. The third kappa shape index (κ3) is 1.55. The maximum absolute atomic E-state index is 11.8. The number of thioether (sulfide) groups is 1. The molecular formula is C12H10N2OS. The Hall–Kier alpha value is -1.55. The number of rotatable bonds is 1. The standard InChI is InChI=1S/C12H10N2OS/c15-11-8-10(9-4-2-1-3-5-9)13-12-14(11)6-7-16-12/h1-5,8H,6-7H2. The van der Waals surface area contributed by atoms with E-state index in [4.69, 9.17) is 0 Å². The first-order valence-corrected chi connectivity index (χ1v) is 6.13. The summed E-state index contributed by atoms with van der Waals surface area (Å²) in [4.78, 5) is 16.3.